The normalized spacial score (nSPS) is 9.81. The van der Waals surface area contributed by atoms with Gasteiger partial charge in [-0.1, -0.05) is 0 Å². The van der Waals surface area contributed by atoms with Crippen LogP contribution in [0.25, 0.3) is 0 Å². The molecule has 4 nitrogen and oxygen atoms in total. The van der Waals surface area contributed by atoms with Gasteiger partial charge in [0.2, 0.25) is 0 Å². The summed E-state index contributed by atoms with van der Waals surface area (Å²) in [4.78, 5) is 3.93. The van der Waals surface area contributed by atoms with Crippen molar-refractivity contribution in [3.8, 4) is 5.75 Å². The molecule has 0 amide bonds. The Labute approximate surface area is 94.1 Å². The lowest BCUT2D eigenvalue weighted by atomic mass is 10.3. The molecule has 82 valence electrons. The number of nitrogens with one attached hydrogen (secondary N) is 1. The van der Waals surface area contributed by atoms with Crippen molar-refractivity contribution in [1.82, 2.24) is 4.98 Å². The zero-order valence-electron chi connectivity index (χ0n) is 8.97. The number of benzene rings is 1. The topological polar surface area (TPSA) is 60.2 Å². The minimum atomic E-state index is 0.499. The molecule has 4 heteroatoms. The van der Waals surface area contributed by atoms with E-state index in [2.05, 4.69) is 10.3 Å². The number of hydrogen-bond acceptors (Lipinski definition) is 4. The van der Waals surface area contributed by atoms with Crippen molar-refractivity contribution in [2.75, 3.05) is 18.2 Å². The predicted molar refractivity (Wildman–Crippen MR) is 64.9 cm³/mol. The fourth-order valence-electron chi connectivity index (χ4n) is 1.37. The molecular weight excluding hydrogens is 202 g/mol. The van der Waals surface area contributed by atoms with Crippen LogP contribution in [0.4, 0.5) is 17.2 Å². The van der Waals surface area contributed by atoms with Gasteiger partial charge in [-0.2, -0.15) is 0 Å². The van der Waals surface area contributed by atoms with Crippen molar-refractivity contribution in [1.29, 1.82) is 0 Å². The maximum atomic E-state index is 5.59. The molecule has 0 atom stereocenters. The number of aromatic nitrogens is 1. The van der Waals surface area contributed by atoms with E-state index in [1.165, 1.54) is 0 Å². The standard InChI is InChI=1S/C12H13N3O/c1-16-11-4-2-9(3-5-11)15-10-6-7-14-12(13)8-10/h2-8H,1H3,(H3,13,14,15). The van der Waals surface area contributed by atoms with Crippen LogP contribution in [0.5, 0.6) is 5.75 Å². The van der Waals surface area contributed by atoms with Crippen LogP contribution in [0.3, 0.4) is 0 Å². The second kappa shape index (κ2) is 4.53. The van der Waals surface area contributed by atoms with Gasteiger partial charge in [0.25, 0.3) is 0 Å². The van der Waals surface area contributed by atoms with Crippen molar-refractivity contribution in [3.05, 3.63) is 42.6 Å². The Bertz CT molecular complexity index is 468. The molecule has 16 heavy (non-hydrogen) atoms. The largest absolute Gasteiger partial charge is 0.497 e. The highest BCUT2D eigenvalue weighted by Crippen LogP contribution is 2.20. The van der Waals surface area contributed by atoms with E-state index >= 15 is 0 Å². The highest BCUT2D eigenvalue weighted by Gasteiger charge is 1.96. The molecular formula is C12H13N3O. The SMILES string of the molecule is COc1ccc(Nc2ccnc(N)c2)cc1. The summed E-state index contributed by atoms with van der Waals surface area (Å²) in [5.74, 6) is 1.33. The maximum Gasteiger partial charge on any atom is 0.125 e. The molecule has 1 heterocycles. The van der Waals surface area contributed by atoms with Gasteiger partial charge in [0.15, 0.2) is 0 Å². The number of nitrogen functional groups attached to an aromatic ring is 1. The molecule has 2 rings (SSSR count). The van der Waals surface area contributed by atoms with Crippen molar-refractivity contribution >= 4 is 17.2 Å². The van der Waals surface area contributed by atoms with E-state index in [9.17, 15) is 0 Å². The predicted octanol–water partition coefficient (Wildman–Crippen LogP) is 2.42. The van der Waals surface area contributed by atoms with E-state index in [-0.39, 0.29) is 0 Å². The molecule has 0 radical (unpaired) electrons. The number of nitrogens with two attached hydrogens (primary N) is 1. The Kier molecular flexibility index (Phi) is 2.91. The fraction of sp³-hybridized carbons (Fsp3) is 0.0833. The Morgan fingerprint density at radius 2 is 1.88 bits per heavy atom. The van der Waals surface area contributed by atoms with Crippen LogP contribution in [-0.2, 0) is 0 Å². The van der Waals surface area contributed by atoms with Crippen molar-refractivity contribution in [2.45, 2.75) is 0 Å². The van der Waals surface area contributed by atoms with Gasteiger partial charge in [-0.15, -0.1) is 0 Å². The van der Waals surface area contributed by atoms with Gasteiger partial charge in [0, 0.05) is 23.6 Å². The lowest BCUT2D eigenvalue weighted by Gasteiger charge is -2.07. The first-order chi connectivity index (χ1) is 7.78. The molecule has 1 aromatic carbocycles. The molecule has 3 N–H and O–H groups in total. The van der Waals surface area contributed by atoms with E-state index < -0.39 is 0 Å². The van der Waals surface area contributed by atoms with Crippen LogP contribution in [0.2, 0.25) is 0 Å². The first-order valence-electron chi connectivity index (χ1n) is 4.90. The van der Waals surface area contributed by atoms with Gasteiger partial charge in [0.05, 0.1) is 7.11 Å². The number of methoxy groups -OCH3 is 1. The van der Waals surface area contributed by atoms with Gasteiger partial charge in [-0.05, 0) is 30.3 Å². The van der Waals surface area contributed by atoms with Gasteiger partial charge in [-0.25, -0.2) is 4.98 Å². The lowest BCUT2D eigenvalue weighted by molar-refractivity contribution is 0.415. The minimum Gasteiger partial charge on any atom is -0.497 e. The number of pyridine rings is 1. The Hall–Kier alpha value is -2.23. The summed E-state index contributed by atoms with van der Waals surface area (Å²) in [5.41, 5.74) is 7.48. The van der Waals surface area contributed by atoms with E-state index in [1.807, 2.05) is 30.3 Å². The monoisotopic (exact) mass is 215 g/mol. The third kappa shape index (κ3) is 2.42. The molecule has 0 bridgehead atoms. The fourth-order valence-corrected chi connectivity index (χ4v) is 1.37. The smallest absolute Gasteiger partial charge is 0.125 e. The van der Waals surface area contributed by atoms with Crippen LogP contribution in [0.1, 0.15) is 0 Å². The van der Waals surface area contributed by atoms with E-state index in [1.54, 1.807) is 19.4 Å². The third-order valence-corrected chi connectivity index (χ3v) is 2.16. The summed E-state index contributed by atoms with van der Waals surface area (Å²) in [6.45, 7) is 0. The summed E-state index contributed by atoms with van der Waals surface area (Å²) in [5, 5.41) is 3.22. The van der Waals surface area contributed by atoms with E-state index in [0.717, 1.165) is 17.1 Å². The maximum absolute atomic E-state index is 5.59. The average molecular weight is 215 g/mol. The molecule has 1 aromatic heterocycles. The molecule has 0 aliphatic carbocycles. The Morgan fingerprint density at radius 3 is 2.50 bits per heavy atom. The molecule has 0 saturated carbocycles. The molecule has 0 saturated heterocycles. The van der Waals surface area contributed by atoms with Crippen LogP contribution in [0, 0.1) is 0 Å². The van der Waals surface area contributed by atoms with Crippen molar-refractivity contribution in [3.63, 3.8) is 0 Å². The Morgan fingerprint density at radius 1 is 1.12 bits per heavy atom. The summed E-state index contributed by atoms with van der Waals surface area (Å²) in [6, 6.07) is 11.3. The average Bonchev–Trinajstić information content (AvgIpc) is 2.30. The number of ether oxygens (including phenoxy) is 1. The molecule has 0 aliphatic rings. The van der Waals surface area contributed by atoms with E-state index in [4.69, 9.17) is 10.5 Å². The van der Waals surface area contributed by atoms with Crippen LogP contribution >= 0.6 is 0 Å². The summed E-state index contributed by atoms with van der Waals surface area (Å²) < 4.78 is 5.08. The second-order valence-electron chi connectivity index (χ2n) is 3.32. The highest BCUT2D eigenvalue weighted by molar-refractivity contribution is 5.62. The summed E-state index contributed by atoms with van der Waals surface area (Å²) >= 11 is 0. The number of nitrogens with zero attached hydrogens (tertiary/aromatic N) is 1. The second-order valence-corrected chi connectivity index (χ2v) is 3.32. The van der Waals surface area contributed by atoms with Gasteiger partial charge in [-0.3, -0.25) is 0 Å². The molecule has 0 aliphatic heterocycles. The summed E-state index contributed by atoms with van der Waals surface area (Å²) in [7, 11) is 1.64. The highest BCUT2D eigenvalue weighted by atomic mass is 16.5. The molecule has 2 aromatic rings. The molecule has 0 spiro atoms. The minimum absolute atomic E-state index is 0.499. The Balaban J connectivity index is 2.14. The van der Waals surface area contributed by atoms with Gasteiger partial charge < -0.3 is 15.8 Å². The van der Waals surface area contributed by atoms with Crippen molar-refractivity contribution in [2.24, 2.45) is 0 Å². The first-order valence-corrected chi connectivity index (χ1v) is 4.90. The van der Waals surface area contributed by atoms with Gasteiger partial charge in [0.1, 0.15) is 11.6 Å². The number of rotatable bonds is 3. The molecule has 0 fully saturated rings. The van der Waals surface area contributed by atoms with Gasteiger partial charge >= 0.3 is 0 Å². The third-order valence-electron chi connectivity index (χ3n) is 2.16. The van der Waals surface area contributed by atoms with Crippen LogP contribution < -0.4 is 15.8 Å². The number of hydrogen-bond donors (Lipinski definition) is 2. The zero-order chi connectivity index (χ0) is 11.4. The molecule has 0 unspecified atom stereocenters. The van der Waals surface area contributed by atoms with Crippen molar-refractivity contribution < 1.29 is 4.74 Å². The number of anilines is 3. The lowest BCUT2D eigenvalue weighted by Crippen LogP contribution is -1.94. The van der Waals surface area contributed by atoms with Crippen LogP contribution in [-0.4, -0.2) is 12.1 Å². The van der Waals surface area contributed by atoms with Crippen LogP contribution in [0.15, 0.2) is 42.6 Å². The zero-order valence-corrected chi connectivity index (χ0v) is 8.97. The quantitative estimate of drug-likeness (QED) is 0.825. The van der Waals surface area contributed by atoms with E-state index in [0.29, 0.717) is 5.82 Å². The summed E-state index contributed by atoms with van der Waals surface area (Å²) in [6.07, 6.45) is 1.67. The first kappa shape index (κ1) is 10.3.